The molecular formula is C20H37N3O3. The molecule has 6 nitrogen and oxygen atoms in total. The Morgan fingerprint density at radius 3 is 2.19 bits per heavy atom. The number of nitrogens with zero attached hydrogens (tertiary/aromatic N) is 2. The van der Waals surface area contributed by atoms with Gasteiger partial charge in [0.2, 0.25) is 11.8 Å². The van der Waals surface area contributed by atoms with Gasteiger partial charge in [-0.2, -0.15) is 0 Å². The Morgan fingerprint density at radius 1 is 1.00 bits per heavy atom. The van der Waals surface area contributed by atoms with E-state index in [1.54, 1.807) is 0 Å². The number of carbonyl (C=O) groups is 2. The lowest BCUT2D eigenvalue weighted by atomic mass is 9.95. The molecule has 0 bridgehead atoms. The van der Waals surface area contributed by atoms with E-state index in [1.807, 2.05) is 25.7 Å². The van der Waals surface area contributed by atoms with Gasteiger partial charge < -0.3 is 19.9 Å². The topological polar surface area (TPSA) is 61.9 Å². The molecule has 6 heteroatoms. The summed E-state index contributed by atoms with van der Waals surface area (Å²) in [4.78, 5) is 29.2. The molecule has 2 fully saturated rings. The summed E-state index contributed by atoms with van der Waals surface area (Å²) in [5.74, 6) is 0.532. The molecule has 0 spiro atoms. The van der Waals surface area contributed by atoms with E-state index in [4.69, 9.17) is 4.74 Å². The van der Waals surface area contributed by atoms with Gasteiger partial charge in [-0.1, -0.05) is 12.8 Å². The maximum atomic E-state index is 12.7. The lowest BCUT2D eigenvalue weighted by Gasteiger charge is -2.35. The Labute approximate surface area is 158 Å². The van der Waals surface area contributed by atoms with Crippen LogP contribution < -0.4 is 5.32 Å². The molecule has 2 saturated heterocycles. The largest absolute Gasteiger partial charge is 0.380 e. The highest BCUT2D eigenvalue weighted by atomic mass is 16.5. The zero-order valence-electron chi connectivity index (χ0n) is 16.9. The minimum atomic E-state index is -0.216. The molecule has 0 aromatic carbocycles. The average molecular weight is 368 g/mol. The molecule has 0 atom stereocenters. The summed E-state index contributed by atoms with van der Waals surface area (Å²) in [5.41, 5.74) is -0.216. The van der Waals surface area contributed by atoms with Crippen LogP contribution in [-0.4, -0.2) is 73.1 Å². The van der Waals surface area contributed by atoms with E-state index >= 15 is 0 Å². The SMILES string of the molecule is CCOCC(C)(C)NCC(=O)N1CCC(C(=O)N2CCCCCC2)CC1. The van der Waals surface area contributed by atoms with E-state index < -0.39 is 0 Å². The molecule has 2 aliphatic rings. The van der Waals surface area contributed by atoms with Crippen LogP contribution >= 0.6 is 0 Å². The smallest absolute Gasteiger partial charge is 0.236 e. The maximum absolute atomic E-state index is 12.7. The van der Waals surface area contributed by atoms with Crippen LogP contribution in [-0.2, 0) is 14.3 Å². The Bertz CT molecular complexity index is 451. The van der Waals surface area contributed by atoms with Gasteiger partial charge in [-0.3, -0.25) is 9.59 Å². The summed E-state index contributed by atoms with van der Waals surface area (Å²) >= 11 is 0. The summed E-state index contributed by atoms with van der Waals surface area (Å²) in [5, 5.41) is 3.29. The van der Waals surface area contributed by atoms with Crippen molar-refractivity contribution in [1.29, 1.82) is 0 Å². The standard InChI is InChI=1S/C20H37N3O3/c1-4-26-16-20(2,3)21-15-18(24)22-13-9-17(10-14-22)19(25)23-11-7-5-6-8-12-23/h17,21H,4-16H2,1-3H3. The van der Waals surface area contributed by atoms with E-state index in [9.17, 15) is 9.59 Å². The van der Waals surface area contributed by atoms with Gasteiger partial charge in [0.25, 0.3) is 0 Å². The fourth-order valence-corrected chi connectivity index (χ4v) is 3.76. The molecule has 0 aromatic heterocycles. The predicted molar refractivity (Wildman–Crippen MR) is 103 cm³/mol. The van der Waals surface area contributed by atoms with Crippen LogP contribution in [0.3, 0.4) is 0 Å². The van der Waals surface area contributed by atoms with Crippen molar-refractivity contribution < 1.29 is 14.3 Å². The fraction of sp³-hybridized carbons (Fsp3) is 0.900. The second-order valence-electron chi connectivity index (χ2n) is 8.27. The molecule has 2 rings (SSSR count). The second kappa shape index (κ2) is 10.3. The van der Waals surface area contributed by atoms with E-state index in [1.165, 1.54) is 12.8 Å². The summed E-state index contributed by atoms with van der Waals surface area (Å²) in [6.45, 7) is 10.9. The molecule has 150 valence electrons. The van der Waals surface area contributed by atoms with Crippen LogP contribution in [0.5, 0.6) is 0 Å². The number of nitrogens with one attached hydrogen (secondary N) is 1. The van der Waals surface area contributed by atoms with Crippen molar-refractivity contribution >= 4 is 11.8 Å². The van der Waals surface area contributed by atoms with Crippen molar-refractivity contribution in [2.24, 2.45) is 5.92 Å². The molecular weight excluding hydrogens is 330 g/mol. The molecule has 0 unspecified atom stereocenters. The van der Waals surface area contributed by atoms with Gasteiger partial charge in [0, 0.05) is 44.2 Å². The van der Waals surface area contributed by atoms with Gasteiger partial charge in [0.05, 0.1) is 13.2 Å². The highest BCUT2D eigenvalue weighted by Gasteiger charge is 2.30. The first-order valence-electron chi connectivity index (χ1n) is 10.3. The predicted octanol–water partition coefficient (Wildman–Crippen LogP) is 2.03. The number of hydrogen-bond acceptors (Lipinski definition) is 4. The average Bonchev–Trinajstić information content (AvgIpc) is 2.93. The fourth-order valence-electron chi connectivity index (χ4n) is 3.76. The van der Waals surface area contributed by atoms with Gasteiger partial charge in [-0.25, -0.2) is 0 Å². The molecule has 0 radical (unpaired) electrons. The lowest BCUT2D eigenvalue weighted by Crippen LogP contribution is -2.51. The summed E-state index contributed by atoms with van der Waals surface area (Å²) in [6.07, 6.45) is 6.33. The highest BCUT2D eigenvalue weighted by molar-refractivity contribution is 5.81. The van der Waals surface area contributed by atoms with Gasteiger partial charge in [0.1, 0.15) is 0 Å². The van der Waals surface area contributed by atoms with Gasteiger partial charge in [-0.05, 0) is 46.5 Å². The molecule has 0 aliphatic carbocycles. The highest BCUT2D eigenvalue weighted by Crippen LogP contribution is 2.22. The lowest BCUT2D eigenvalue weighted by molar-refractivity contribution is -0.140. The Kier molecular flexibility index (Phi) is 8.35. The van der Waals surface area contributed by atoms with E-state index in [0.717, 1.165) is 38.8 Å². The van der Waals surface area contributed by atoms with Crippen molar-refractivity contribution in [3.8, 4) is 0 Å². The van der Waals surface area contributed by atoms with E-state index in [0.29, 0.717) is 38.8 Å². The zero-order chi connectivity index (χ0) is 19.0. The monoisotopic (exact) mass is 367 g/mol. The second-order valence-corrected chi connectivity index (χ2v) is 8.27. The molecule has 26 heavy (non-hydrogen) atoms. The molecule has 2 aliphatic heterocycles. The normalized spacial score (nSPS) is 20.1. The van der Waals surface area contributed by atoms with E-state index in [2.05, 4.69) is 10.2 Å². The van der Waals surface area contributed by atoms with Crippen molar-refractivity contribution in [3.63, 3.8) is 0 Å². The number of piperidine rings is 1. The van der Waals surface area contributed by atoms with Crippen LogP contribution in [0.15, 0.2) is 0 Å². The first-order chi connectivity index (χ1) is 12.4. The summed E-state index contributed by atoms with van der Waals surface area (Å²) in [7, 11) is 0. The van der Waals surface area contributed by atoms with Crippen LogP contribution in [0, 0.1) is 5.92 Å². The summed E-state index contributed by atoms with van der Waals surface area (Å²) < 4.78 is 5.45. The Balaban J connectivity index is 1.73. The Hall–Kier alpha value is -1.14. The summed E-state index contributed by atoms with van der Waals surface area (Å²) in [6, 6.07) is 0. The first kappa shape index (κ1) is 21.2. The van der Waals surface area contributed by atoms with Crippen LogP contribution in [0.4, 0.5) is 0 Å². The molecule has 0 aromatic rings. The van der Waals surface area contributed by atoms with Gasteiger partial charge in [0.15, 0.2) is 0 Å². The number of ether oxygens (including phenoxy) is 1. The van der Waals surface area contributed by atoms with Crippen molar-refractivity contribution in [2.45, 2.75) is 64.8 Å². The number of hydrogen-bond donors (Lipinski definition) is 1. The van der Waals surface area contributed by atoms with Crippen molar-refractivity contribution in [1.82, 2.24) is 15.1 Å². The third-order valence-electron chi connectivity index (χ3n) is 5.50. The number of amides is 2. The van der Waals surface area contributed by atoms with Crippen LogP contribution in [0.1, 0.15) is 59.3 Å². The minimum Gasteiger partial charge on any atom is -0.380 e. The quantitative estimate of drug-likeness (QED) is 0.748. The first-order valence-corrected chi connectivity index (χ1v) is 10.3. The number of likely N-dealkylation sites (tertiary alicyclic amines) is 2. The molecule has 1 N–H and O–H groups in total. The zero-order valence-corrected chi connectivity index (χ0v) is 16.9. The van der Waals surface area contributed by atoms with Gasteiger partial charge >= 0.3 is 0 Å². The molecule has 2 amide bonds. The molecule has 0 saturated carbocycles. The number of rotatable bonds is 7. The van der Waals surface area contributed by atoms with Crippen LogP contribution in [0.2, 0.25) is 0 Å². The van der Waals surface area contributed by atoms with Gasteiger partial charge in [-0.15, -0.1) is 0 Å². The van der Waals surface area contributed by atoms with E-state index in [-0.39, 0.29) is 17.4 Å². The van der Waals surface area contributed by atoms with Crippen molar-refractivity contribution in [2.75, 3.05) is 45.9 Å². The minimum absolute atomic E-state index is 0.0968. The Morgan fingerprint density at radius 2 is 1.62 bits per heavy atom. The van der Waals surface area contributed by atoms with Crippen molar-refractivity contribution in [3.05, 3.63) is 0 Å². The van der Waals surface area contributed by atoms with Crippen LogP contribution in [0.25, 0.3) is 0 Å². The number of carbonyl (C=O) groups excluding carboxylic acids is 2. The molecule has 2 heterocycles. The third kappa shape index (κ3) is 6.54. The third-order valence-corrected chi connectivity index (χ3v) is 5.50. The maximum Gasteiger partial charge on any atom is 0.236 e.